The number of nitrogens with one attached hydrogen (secondary N) is 1. The first-order valence-electron chi connectivity index (χ1n) is 6.84. The summed E-state index contributed by atoms with van der Waals surface area (Å²) < 4.78 is 0. The van der Waals surface area contributed by atoms with Crippen LogP contribution in [-0.4, -0.2) is 11.2 Å². The number of amides is 1. The van der Waals surface area contributed by atoms with Gasteiger partial charge in [0.25, 0.3) is 0 Å². The third kappa shape index (κ3) is 5.44. The van der Waals surface area contributed by atoms with Crippen molar-refractivity contribution >= 4 is 35.0 Å². The number of rotatable bonds is 5. The Morgan fingerprint density at radius 1 is 1.19 bits per heavy atom. The standard InChI is InChI=1S/C17H18ClNOS/c1-12(2)21-16-8-6-13(7-9-16)10-17(20)19-15-5-3-4-14(18)11-15/h3-9,11-12H,10H2,1-2H3,(H,19,20). The van der Waals surface area contributed by atoms with Crippen LogP contribution in [0.25, 0.3) is 0 Å². The van der Waals surface area contributed by atoms with Crippen LogP contribution >= 0.6 is 23.4 Å². The van der Waals surface area contributed by atoms with E-state index in [1.165, 1.54) is 4.90 Å². The maximum absolute atomic E-state index is 12.0. The first-order valence-corrected chi connectivity index (χ1v) is 8.10. The molecule has 0 atom stereocenters. The van der Waals surface area contributed by atoms with Crippen LogP contribution in [0.5, 0.6) is 0 Å². The zero-order valence-corrected chi connectivity index (χ0v) is 13.7. The van der Waals surface area contributed by atoms with Gasteiger partial charge < -0.3 is 5.32 Å². The van der Waals surface area contributed by atoms with Crippen molar-refractivity contribution in [3.8, 4) is 0 Å². The number of benzene rings is 2. The third-order valence-corrected chi connectivity index (χ3v) is 4.02. The van der Waals surface area contributed by atoms with Gasteiger partial charge in [0.05, 0.1) is 6.42 Å². The Labute approximate surface area is 134 Å². The molecule has 0 aromatic heterocycles. The summed E-state index contributed by atoms with van der Waals surface area (Å²) in [6.45, 7) is 4.33. The largest absolute Gasteiger partial charge is 0.326 e. The van der Waals surface area contributed by atoms with Gasteiger partial charge in [-0.05, 0) is 35.9 Å². The molecule has 0 aliphatic rings. The molecular weight excluding hydrogens is 302 g/mol. The van der Waals surface area contributed by atoms with E-state index in [0.29, 0.717) is 16.7 Å². The molecule has 0 bridgehead atoms. The lowest BCUT2D eigenvalue weighted by Gasteiger charge is -2.07. The summed E-state index contributed by atoms with van der Waals surface area (Å²) in [5.41, 5.74) is 1.72. The molecule has 0 heterocycles. The van der Waals surface area contributed by atoms with Crippen molar-refractivity contribution in [2.75, 3.05) is 5.32 Å². The summed E-state index contributed by atoms with van der Waals surface area (Å²) in [4.78, 5) is 13.2. The summed E-state index contributed by atoms with van der Waals surface area (Å²) in [7, 11) is 0. The van der Waals surface area contributed by atoms with E-state index in [9.17, 15) is 4.79 Å². The SMILES string of the molecule is CC(C)Sc1ccc(CC(=O)Nc2cccc(Cl)c2)cc1. The van der Waals surface area contributed by atoms with Gasteiger partial charge in [-0.25, -0.2) is 0 Å². The number of anilines is 1. The van der Waals surface area contributed by atoms with Gasteiger partial charge in [0.2, 0.25) is 5.91 Å². The molecule has 2 nitrogen and oxygen atoms in total. The van der Waals surface area contributed by atoms with Crippen LogP contribution in [-0.2, 0) is 11.2 Å². The van der Waals surface area contributed by atoms with E-state index in [0.717, 1.165) is 11.3 Å². The molecule has 0 spiro atoms. The van der Waals surface area contributed by atoms with Crippen LogP contribution in [0.1, 0.15) is 19.4 Å². The van der Waals surface area contributed by atoms with Gasteiger partial charge in [-0.3, -0.25) is 4.79 Å². The topological polar surface area (TPSA) is 29.1 Å². The molecule has 0 saturated heterocycles. The first kappa shape index (κ1) is 15.9. The van der Waals surface area contributed by atoms with Crippen LogP contribution in [0.15, 0.2) is 53.4 Å². The van der Waals surface area contributed by atoms with E-state index >= 15 is 0 Å². The van der Waals surface area contributed by atoms with E-state index in [1.807, 2.05) is 36.0 Å². The minimum atomic E-state index is -0.0403. The van der Waals surface area contributed by atoms with E-state index in [1.54, 1.807) is 12.1 Å². The van der Waals surface area contributed by atoms with Gasteiger partial charge in [-0.1, -0.05) is 43.6 Å². The molecule has 0 aliphatic heterocycles. The van der Waals surface area contributed by atoms with Gasteiger partial charge in [0.1, 0.15) is 0 Å². The van der Waals surface area contributed by atoms with Crippen LogP contribution < -0.4 is 5.32 Å². The fraction of sp³-hybridized carbons (Fsp3) is 0.235. The maximum atomic E-state index is 12.0. The lowest BCUT2D eigenvalue weighted by Crippen LogP contribution is -2.14. The molecule has 0 saturated carbocycles. The molecule has 0 fully saturated rings. The summed E-state index contributed by atoms with van der Waals surface area (Å²) in [6, 6.07) is 15.3. The van der Waals surface area contributed by atoms with Crippen LogP contribution in [0.2, 0.25) is 5.02 Å². The summed E-state index contributed by atoms with van der Waals surface area (Å²) in [6.07, 6.45) is 0.360. The minimum Gasteiger partial charge on any atom is -0.326 e. The lowest BCUT2D eigenvalue weighted by atomic mass is 10.1. The van der Waals surface area contributed by atoms with Crippen molar-refractivity contribution in [2.45, 2.75) is 30.4 Å². The van der Waals surface area contributed by atoms with E-state index in [2.05, 4.69) is 31.3 Å². The molecule has 0 radical (unpaired) electrons. The van der Waals surface area contributed by atoms with Crippen molar-refractivity contribution in [1.29, 1.82) is 0 Å². The molecule has 2 aromatic carbocycles. The normalized spacial score (nSPS) is 10.7. The lowest BCUT2D eigenvalue weighted by molar-refractivity contribution is -0.115. The summed E-state index contributed by atoms with van der Waals surface area (Å²) in [5, 5.41) is 4.02. The molecule has 0 aliphatic carbocycles. The smallest absolute Gasteiger partial charge is 0.228 e. The average molecular weight is 320 g/mol. The predicted molar refractivity (Wildman–Crippen MR) is 91.2 cm³/mol. The molecule has 2 rings (SSSR count). The Balaban J connectivity index is 1.93. The average Bonchev–Trinajstić information content (AvgIpc) is 2.40. The molecule has 1 amide bonds. The van der Waals surface area contributed by atoms with Crippen LogP contribution in [0, 0.1) is 0 Å². The fourth-order valence-corrected chi connectivity index (χ4v) is 2.94. The van der Waals surface area contributed by atoms with E-state index < -0.39 is 0 Å². The van der Waals surface area contributed by atoms with Crippen molar-refractivity contribution in [2.24, 2.45) is 0 Å². The Morgan fingerprint density at radius 3 is 2.52 bits per heavy atom. The van der Waals surface area contributed by atoms with Crippen molar-refractivity contribution in [3.05, 3.63) is 59.1 Å². The van der Waals surface area contributed by atoms with Gasteiger partial charge in [-0.2, -0.15) is 0 Å². The van der Waals surface area contributed by atoms with Gasteiger partial charge in [0.15, 0.2) is 0 Å². The molecule has 21 heavy (non-hydrogen) atoms. The Kier molecular flexibility index (Phi) is 5.71. The fourth-order valence-electron chi connectivity index (χ4n) is 1.91. The Morgan fingerprint density at radius 2 is 1.90 bits per heavy atom. The first-order chi connectivity index (χ1) is 10.0. The molecule has 110 valence electrons. The molecule has 1 N–H and O–H groups in total. The second-order valence-corrected chi connectivity index (χ2v) is 7.13. The number of hydrogen-bond donors (Lipinski definition) is 1. The third-order valence-electron chi connectivity index (χ3n) is 2.77. The zero-order valence-electron chi connectivity index (χ0n) is 12.1. The van der Waals surface area contributed by atoms with E-state index in [-0.39, 0.29) is 5.91 Å². The van der Waals surface area contributed by atoms with Gasteiger partial charge in [0, 0.05) is 20.9 Å². The number of thioether (sulfide) groups is 1. The molecule has 0 unspecified atom stereocenters. The highest BCUT2D eigenvalue weighted by atomic mass is 35.5. The molecule has 2 aromatic rings. The number of carbonyl (C=O) groups is 1. The second kappa shape index (κ2) is 7.53. The Hall–Kier alpha value is -1.45. The highest BCUT2D eigenvalue weighted by molar-refractivity contribution is 7.99. The minimum absolute atomic E-state index is 0.0403. The summed E-state index contributed by atoms with van der Waals surface area (Å²) >= 11 is 7.71. The predicted octanol–water partition coefficient (Wildman–Crippen LogP) is 5.02. The molecule has 4 heteroatoms. The van der Waals surface area contributed by atoms with E-state index in [4.69, 9.17) is 11.6 Å². The monoisotopic (exact) mass is 319 g/mol. The van der Waals surface area contributed by atoms with Gasteiger partial charge >= 0.3 is 0 Å². The highest BCUT2D eigenvalue weighted by Crippen LogP contribution is 2.23. The van der Waals surface area contributed by atoms with Crippen molar-refractivity contribution in [3.63, 3.8) is 0 Å². The van der Waals surface area contributed by atoms with Gasteiger partial charge in [-0.15, -0.1) is 11.8 Å². The Bertz CT molecular complexity index is 610. The molecular formula is C17H18ClNOS. The second-order valence-electron chi connectivity index (χ2n) is 5.05. The zero-order chi connectivity index (χ0) is 15.2. The number of hydrogen-bond acceptors (Lipinski definition) is 2. The van der Waals surface area contributed by atoms with Crippen LogP contribution in [0.3, 0.4) is 0 Å². The summed E-state index contributed by atoms with van der Waals surface area (Å²) in [5.74, 6) is -0.0403. The quantitative estimate of drug-likeness (QED) is 0.784. The van der Waals surface area contributed by atoms with Crippen LogP contribution in [0.4, 0.5) is 5.69 Å². The van der Waals surface area contributed by atoms with Crippen molar-refractivity contribution in [1.82, 2.24) is 0 Å². The van der Waals surface area contributed by atoms with Crippen molar-refractivity contribution < 1.29 is 4.79 Å². The highest BCUT2D eigenvalue weighted by Gasteiger charge is 2.05. The maximum Gasteiger partial charge on any atom is 0.228 e. The number of halogens is 1. The number of carbonyl (C=O) groups excluding carboxylic acids is 1.